The van der Waals surface area contributed by atoms with Gasteiger partial charge in [-0.2, -0.15) is 0 Å². The van der Waals surface area contributed by atoms with Crippen LogP contribution in [0.4, 0.5) is 0 Å². The van der Waals surface area contributed by atoms with Crippen molar-refractivity contribution in [3.05, 3.63) is 12.7 Å². The van der Waals surface area contributed by atoms with E-state index < -0.39 is 13.6 Å². The summed E-state index contributed by atoms with van der Waals surface area (Å²) < 4.78 is 20.9. The van der Waals surface area contributed by atoms with Crippen LogP contribution < -0.4 is 0 Å². The second-order valence-corrected chi connectivity index (χ2v) is 6.90. The van der Waals surface area contributed by atoms with Crippen LogP contribution in [-0.4, -0.2) is 63.1 Å². The van der Waals surface area contributed by atoms with Gasteiger partial charge in [0.15, 0.2) is 0 Å². The molecule has 1 N–H and O–H groups in total. The van der Waals surface area contributed by atoms with Crippen molar-refractivity contribution < 1.29 is 33.0 Å². The molecular formula is C11H25NO6P+. The summed E-state index contributed by atoms with van der Waals surface area (Å²) in [6.45, 7) is 5.83. The van der Waals surface area contributed by atoms with Gasteiger partial charge >= 0.3 is 13.6 Å². The van der Waals surface area contributed by atoms with E-state index in [2.05, 4.69) is 41.8 Å². The number of rotatable bonds is 7. The average molecular weight is 298 g/mol. The van der Waals surface area contributed by atoms with Crippen molar-refractivity contribution in [2.45, 2.75) is 6.92 Å². The Morgan fingerprint density at radius 3 is 2.16 bits per heavy atom. The molecular weight excluding hydrogens is 273 g/mol. The summed E-state index contributed by atoms with van der Waals surface area (Å²) in [5.41, 5.74) is 0. The first-order valence-electron chi connectivity index (χ1n) is 5.73. The van der Waals surface area contributed by atoms with Crippen LogP contribution in [0, 0.1) is 0 Å². The highest BCUT2D eigenvalue weighted by atomic mass is 31.2. The highest BCUT2D eigenvalue weighted by molar-refractivity contribution is 7.53. The van der Waals surface area contributed by atoms with Crippen LogP contribution in [0.3, 0.4) is 0 Å². The highest BCUT2D eigenvalue weighted by Crippen LogP contribution is 2.46. The number of likely N-dealkylation sites (N-methyl/N-ethyl adjacent to an activating group) is 1. The molecule has 114 valence electrons. The second kappa shape index (κ2) is 10.1. The van der Waals surface area contributed by atoms with E-state index >= 15 is 0 Å². The molecule has 19 heavy (non-hydrogen) atoms. The third-order valence-corrected chi connectivity index (χ3v) is 3.47. The topological polar surface area (TPSA) is 82.1 Å². The van der Waals surface area contributed by atoms with Gasteiger partial charge in [0, 0.05) is 13.2 Å². The van der Waals surface area contributed by atoms with Gasteiger partial charge < -0.3 is 14.1 Å². The van der Waals surface area contributed by atoms with Gasteiger partial charge in [-0.15, -0.1) is 0 Å². The number of hydrogen-bond acceptors (Lipinski definition) is 6. The van der Waals surface area contributed by atoms with Gasteiger partial charge in [0.25, 0.3) is 0 Å². The van der Waals surface area contributed by atoms with Gasteiger partial charge in [0.1, 0.15) is 6.54 Å². The predicted octanol–water partition coefficient (Wildman–Crippen LogP) is 1.19. The average Bonchev–Trinajstić information content (AvgIpc) is 2.34. The lowest BCUT2D eigenvalue weighted by Gasteiger charge is -2.21. The van der Waals surface area contributed by atoms with Crippen molar-refractivity contribution in [2.24, 2.45) is 0 Å². The summed E-state index contributed by atoms with van der Waals surface area (Å²) >= 11 is 0. The third kappa shape index (κ3) is 13.5. The molecule has 0 amide bonds. The molecule has 8 heteroatoms. The van der Waals surface area contributed by atoms with E-state index in [1.165, 1.54) is 7.11 Å². The smallest absolute Gasteiger partial charge is 0.368 e. The van der Waals surface area contributed by atoms with Gasteiger partial charge in [0.2, 0.25) is 0 Å². The zero-order valence-corrected chi connectivity index (χ0v) is 13.2. The Balaban J connectivity index is 0. The van der Waals surface area contributed by atoms with E-state index in [4.69, 9.17) is 5.11 Å². The molecule has 0 aliphatic rings. The third-order valence-electron chi connectivity index (χ3n) is 1.84. The lowest BCUT2D eigenvalue weighted by atomic mass is 10.5. The van der Waals surface area contributed by atoms with Gasteiger partial charge in [-0.3, -0.25) is 9.45 Å². The van der Waals surface area contributed by atoms with Crippen LogP contribution in [0.25, 0.3) is 0 Å². The van der Waals surface area contributed by atoms with Crippen molar-refractivity contribution in [3.8, 4) is 0 Å². The molecule has 1 unspecified atom stereocenters. The number of carbonyl (C=O) groups excluding carboxylic acids is 1. The summed E-state index contributed by atoms with van der Waals surface area (Å²) in [6.07, 6.45) is 1.03. The second-order valence-electron chi connectivity index (χ2n) is 4.53. The molecule has 0 saturated heterocycles. The minimum atomic E-state index is -3.24. The minimum absolute atomic E-state index is 0.133. The number of hydrogen-bond donors (Lipinski definition) is 1. The number of nitrogens with zero attached hydrogens (tertiary/aromatic N) is 1. The molecule has 0 rings (SSSR count). The molecule has 0 heterocycles. The maximum Gasteiger partial charge on any atom is 0.368 e. The fraction of sp³-hybridized carbons (Fsp3) is 0.727. The number of quaternary nitrogens is 1. The normalized spacial score (nSPS) is 13.8. The Morgan fingerprint density at radius 1 is 1.42 bits per heavy atom. The standard InChI is InChI=1S/C6H11O5P.C5H14NO/c1-4-6(7)10-11-12(8,5-2)9-3;1-6(2,3)4-5-7/h4H,1,5H2,2-3H3;7H,4-5H2,1-3H3/q;+1. The Bertz CT molecular complexity index is 305. The SMILES string of the molecule is C=CC(=O)OOP(=O)(CC)OC.C[N+](C)(C)CCO. The molecule has 0 spiro atoms. The van der Waals surface area contributed by atoms with Crippen molar-refractivity contribution in [3.63, 3.8) is 0 Å². The summed E-state index contributed by atoms with van der Waals surface area (Å²) in [5, 5.41) is 8.39. The van der Waals surface area contributed by atoms with Gasteiger partial charge in [-0.25, -0.2) is 4.79 Å². The molecule has 0 aromatic heterocycles. The zero-order valence-electron chi connectivity index (χ0n) is 12.3. The molecule has 0 saturated carbocycles. The molecule has 0 aliphatic carbocycles. The summed E-state index contributed by atoms with van der Waals surface area (Å²) in [5.74, 6) is -0.805. The monoisotopic (exact) mass is 298 g/mol. The number of carbonyl (C=O) groups is 1. The van der Waals surface area contributed by atoms with Crippen LogP contribution in [0.1, 0.15) is 6.92 Å². The van der Waals surface area contributed by atoms with Crippen molar-refractivity contribution in [1.29, 1.82) is 0 Å². The molecule has 0 aliphatic heterocycles. The van der Waals surface area contributed by atoms with Crippen LogP contribution in [0.15, 0.2) is 12.7 Å². The number of aliphatic hydroxyl groups is 1. The molecule has 0 aromatic rings. The van der Waals surface area contributed by atoms with Crippen LogP contribution >= 0.6 is 7.60 Å². The summed E-state index contributed by atoms with van der Waals surface area (Å²) in [4.78, 5) is 14.5. The molecule has 7 nitrogen and oxygen atoms in total. The summed E-state index contributed by atoms with van der Waals surface area (Å²) in [6, 6.07) is 0. The Hall–Kier alpha value is -0.720. The first-order valence-corrected chi connectivity index (χ1v) is 7.45. The lowest BCUT2D eigenvalue weighted by molar-refractivity contribution is -0.870. The van der Waals surface area contributed by atoms with Crippen LogP contribution in [0.2, 0.25) is 0 Å². The number of aliphatic hydroxyl groups excluding tert-OH is 1. The van der Waals surface area contributed by atoms with E-state index in [-0.39, 0.29) is 12.8 Å². The van der Waals surface area contributed by atoms with Crippen molar-refractivity contribution in [2.75, 3.05) is 47.6 Å². The highest BCUT2D eigenvalue weighted by Gasteiger charge is 2.22. The van der Waals surface area contributed by atoms with E-state index in [9.17, 15) is 9.36 Å². The quantitative estimate of drug-likeness (QED) is 0.250. The van der Waals surface area contributed by atoms with Gasteiger partial charge in [-0.05, 0) is 0 Å². The van der Waals surface area contributed by atoms with Gasteiger partial charge in [-0.1, -0.05) is 18.2 Å². The summed E-state index contributed by atoms with van der Waals surface area (Å²) in [7, 11) is 4.13. The van der Waals surface area contributed by atoms with E-state index in [1.807, 2.05) is 0 Å². The Kier molecular flexibility index (Phi) is 11.0. The lowest BCUT2D eigenvalue weighted by Crippen LogP contribution is -2.36. The van der Waals surface area contributed by atoms with Gasteiger partial charge in [0.05, 0.1) is 33.9 Å². The van der Waals surface area contributed by atoms with Crippen molar-refractivity contribution in [1.82, 2.24) is 0 Å². The fourth-order valence-electron chi connectivity index (χ4n) is 0.640. The Morgan fingerprint density at radius 2 is 1.95 bits per heavy atom. The first-order chi connectivity index (χ1) is 8.64. The van der Waals surface area contributed by atoms with E-state index in [0.717, 1.165) is 17.1 Å². The first kappa shape index (κ1) is 20.6. The van der Waals surface area contributed by atoms with Crippen molar-refractivity contribution >= 4 is 13.6 Å². The maximum atomic E-state index is 11.2. The Labute approximate surface area is 114 Å². The van der Waals surface area contributed by atoms with E-state index in [0.29, 0.717) is 0 Å². The fourth-order valence-corrected chi connectivity index (χ4v) is 1.25. The molecule has 0 radical (unpaired) electrons. The van der Waals surface area contributed by atoms with Crippen LogP contribution in [-0.2, 0) is 23.4 Å². The molecule has 1 atom stereocenters. The van der Waals surface area contributed by atoms with Crippen LogP contribution in [0.5, 0.6) is 0 Å². The molecule has 0 aromatic carbocycles. The predicted molar refractivity (Wildman–Crippen MR) is 72.5 cm³/mol. The van der Waals surface area contributed by atoms with E-state index in [1.54, 1.807) is 6.92 Å². The zero-order chi connectivity index (χ0) is 15.5. The largest absolute Gasteiger partial charge is 0.391 e. The molecule has 0 bridgehead atoms. The molecule has 0 fully saturated rings. The maximum absolute atomic E-state index is 11.2. The minimum Gasteiger partial charge on any atom is -0.391 e.